The molecule has 4 rings (SSSR count). The van der Waals surface area contributed by atoms with Gasteiger partial charge in [0.2, 0.25) is 10.0 Å². The van der Waals surface area contributed by atoms with Gasteiger partial charge < -0.3 is 4.90 Å². The van der Waals surface area contributed by atoms with E-state index < -0.39 is 10.0 Å². The number of piperazine rings is 1. The molecule has 0 atom stereocenters. The molecule has 1 aromatic heterocycles. The number of aryl methyl sites for hydroxylation is 2. The van der Waals surface area contributed by atoms with E-state index in [1.165, 1.54) is 0 Å². The molecule has 1 aliphatic rings. The molecule has 0 amide bonds. The number of aromatic nitrogens is 2. The average molecular weight is 443 g/mol. The Labute approximate surface area is 182 Å². The summed E-state index contributed by atoms with van der Waals surface area (Å²) in [4.78, 5) is 2.43. The van der Waals surface area contributed by atoms with E-state index in [0.717, 1.165) is 22.5 Å². The summed E-state index contributed by atoms with van der Waals surface area (Å²) in [6.07, 6.45) is 0. The van der Waals surface area contributed by atoms with E-state index >= 15 is 0 Å². The first-order chi connectivity index (χ1) is 14.4. The molecular weight excluding hydrogens is 420 g/mol. The zero-order valence-corrected chi connectivity index (χ0v) is 18.5. The van der Waals surface area contributed by atoms with Gasteiger partial charge in [-0.3, -0.25) is 0 Å². The molecule has 2 aromatic carbocycles. The number of nitrogens with zero attached hydrogens (tertiary/aromatic N) is 4. The predicted molar refractivity (Wildman–Crippen MR) is 119 cm³/mol. The Hall–Kier alpha value is -2.48. The van der Waals surface area contributed by atoms with Gasteiger partial charge in [-0.05, 0) is 43.7 Å². The molecule has 0 saturated carbocycles. The first kappa shape index (κ1) is 20.8. The minimum Gasteiger partial charge on any atom is -0.352 e. The second-order valence-corrected chi connectivity index (χ2v) is 9.73. The Kier molecular flexibility index (Phi) is 5.77. The van der Waals surface area contributed by atoms with E-state index in [0.29, 0.717) is 41.8 Å². The molecule has 30 heavy (non-hydrogen) atoms. The SMILES string of the molecule is Cc1ccc(S(=O)(=O)N2CCN(c3ccc(-c4ccccc4Cl)nn3)CC2)c(C)c1. The Morgan fingerprint density at radius 1 is 0.900 bits per heavy atom. The molecule has 0 N–H and O–H groups in total. The number of hydrogen-bond donors (Lipinski definition) is 0. The molecule has 0 unspecified atom stereocenters. The molecule has 156 valence electrons. The molecule has 1 aliphatic heterocycles. The predicted octanol–water partition coefficient (Wildman–Crippen LogP) is 3.92. The van der Waals surface area contributed by atoms with Crippen molar-refractivity contribution in [1.29, 1.82) is 0 Å². The Morgan fingerprint density at radius 3 is 2.27 bits per heavy atom. The molecule has 0 spiro atoms. The maximum absolute atomic E-state index is 13.1. The van der Waals surface area contributed by atoms with Crippen LogP contribution in [0.15, 0.2) is 59.5 Å². The fourth-order valence-corrected chi connectivity index (χ4v) is 5.55. The van der Waals surface area contributed by atoms with Crippen LogP contribution < -0.4 is 4.90 Å². The van der Waals surface area contributed by atoms with E-state index in [2.05, 4.69) is 15.1 Å². The van der Waals surface area contributed by atoms with Gasteiger partial charge >= 0.3 is 0 Å². The summed E-state index contributed by atoms with van der Waals surface area (Å²) in [5.74, 6) is 0.731. The summed E-state index contributed by atoms with van der Waals surface area (Å²) in [5, 5.41) is 9.28. The Morgan fingerprint density at radius 2 is 1.63 bits per heavy atom. The van der Waals surface area contributed by atoms with Crippen LogP contribution in [-0.2, 0) is 10.0 Å². The second-order valence-electron chi connectivity index (χ2n) is 7.42. The van der Waals surface area contributed by atoms with Crippen LogP contribution in [0.3, 0.4) is 0 Å². The number of halogens is 1. The van der Waals surface area contributed by atoms with Gasteiger partial charge in [-0.1, -0.05) is 47.5 Å². The van der Waals surface area contributed by atoms with Crippen LogP contribution in [0.1, 0.15) is 11.1 Å². The summed E-state index contributed by atoms with van der Waals surface area (Å²) < 4.78 is 27.7. The van der Waals surface area contributed by atoms with Crippen molar-refractivity contribution in [3.8, 4) is 11.3 Å². The summed E-state index contributed by atoms with van der Waals surface area (Å²) in [6, 6.07) is 16.7. The zero-order valence-electron chi connectivity index (χ0n) is 16.9. The van der Waals surface area contributed by atoms with Crippen molar-refractivity contribution in [3.63, 3.8) is 0 Å². The molecule has 0 bridgehead atoms. The van der Waals surface area contributed by atoms with Gasteiger partial charge in [0.15, 0.2) is 5.82 Å². The molecule has 8 heteroatoms. The molecule has 3 aromatic rings. The third kappa shape index (κ3) is 4.05. The largest absolute Gasteiger partial charge is 0.352 e. The van der Waals surface area contributed by atoms with Gasteiger partial charge in [0.05, 0.1) is 15.6 Å². The van der Waals surface area contributed by atoms with Crippen LogP contribution in [-0.4, -0.2) is 49.1 Å². The highest BCUT2D eigenvalue weighted by atomic mass is 35.5. The topological polar surface area (TPSA) is 66.4 Å². The summed E-state index contributed by atoms with van der Waals surface area (Å²) in [6.45, 7) is 5.73. The summed E-state index contributed by atoms with van der Waals surface area (Å²) in [7, 11) is -3.51. The number of benzene rings is 2. The molecule has 2 heterocycles. The molecule has 6 nitrogen and oxygen atoms in total. The van der Waals surface area contributed by atoms with E-state index in [-0.39, 0.29) is 0 Å². The van der Waals surface area contributed by atoms with Crippen molar-refractivity contribution >= 4 is 27.4 Å². The summed E-state index contributed by atoms with van der Waals surface area (Å²) in [5.41, 5.74) is 3.37. The van der Waals surface area contributed by atoms with Gasteiger partial charge in [0.25, 0.3) is 0 Å². The van der Waals surface area contributed by atoms with Gasteiger partial charge in [-0.15, -0.1) is 10.2 Å². The molecule has 0 radical (unpaired) electrons. The Bertz CT molecular complexity index is 1160. The molecule has 1 fully saturated rings. The van der Waals surface area contributed by atoms with E-state index in [1.807, 2.05) is 62.4 Å². The smallest absolute Gasteiger partial charge is 0.243 e. The third-order valence-corrected chi connectivity index (χ3v) is 7.70. The van der Waals surface area contributed by atoms with Crippen molar-refractivity contribution in [3.05, 3.63) is 70.7 Å². The van der Waals surface area contributed by atoms with Crippen LogP contribution >= 0.6 is 11.6 Å². The molecule has 0 aliphatic carbocycles. The van der Waals surface area contributed by atoms with Crippen LogP contribution in [0.25, 0.3) is 11.3 Å². The molecular formula is C22H23ClN4O2S. The highest BCUT2D eigenvalue weighted by molar-refractivity contribution is 7.89. The number of sulfonamides is 1. The van der Waals surface area contributed by atoms with Crippen molar-refractivity contribution in [2.24, 2.45) is 0 Å². The van der Waals surface area contributed by atoms with Gasteiger partial charge in [-0.25, -0.2) is 8.42 Å². The van der Waals surface area contributed by atoms with Crippen molar-refractivity contribution in [2.75, 3.05) is 31.1 Å². The lowest BCUT2D eigenvalue weighted by Gasteiger charge is -2.34. The number of rotatable bonds is 4. The van der Waals surface area contributed by atoms with Gasteiger partial charge in [-0.2, -0.15) is 4.31 Å². The number of anilines is 1. The lowest BCUT2D eigenvalue weighted by Crippen LogP contribution is -2.49. The van der Waals surface area contributed by atoms with E-state index in [9.17, 15) is 8.42 Å². The summed E-state index contributed by atoms with van der Waals surface area (Å²) >= 11 is 6.24. The lowest BCUT2D eigenvalue weighted by atomic mass is 10.1. The minimum atomic E-state index is -3.51. The standard InChI is InChI=1S/C22H23ClN4O2S/c1-16-7-9-21(17(2)15-16)30(28,29)27-13-11-26(12-14-27)22-10-8-20(24-25-22)18-5-3-4-6-19(18)23/h3-10,15H,11-14H2,1-2H3. The van der Waals surface area contributed by atoms with Gasteiger partial charge in [0.1, 0.15) is 0 Å². The van der Waals surface area contributed by atoms with Crippen molar-refractivity contribution in [2.45, 2.75) is 18.7 Å². The maximum Gasteiger partial charge on any atom is 0.243 e. The Balaban J connectivity index is 1.46. The van der Waals surface area contributed by atoms with Crippen LogP contribution in [0.5, 0.6) is 0 Å². The first-order valence-electron chi connectivity index (χ1n) is 9.77. The third-order valence-electron chi connectivity index (χ3n) is 5.31. The lowest BCUT2D eigenvalue weighted by molar-refractivity contribution is 0.383. The maximum atomic E-state index is 13.1. The first-order valence-corrected chi connectivity index (χ1v) is 11.6. The highest BCUT2D eigenvalue weighted by Gasteiger charge is 2.30. The van der Waals surface area contributed by atoms with Crippen LogP contribution in [0.4, 0.5) is 5.82 Å². The van der Waals surface area contributed by atoms with Crippen molar-refractivity contribution in [1.82, 2.24) is 14.5 Å². The van der Waals surface area contributed by atoms with Crippen LogP contribution in [0, 0.1) is 13.8 Å². The normalized spacial score (nSPS) is 15.4. The second kappa shape index (κ2) is 8.34. The fraction of sp³-hybridized carbons (Fsp3) is 0.273. The van der Waals surface area contributed by atoms with Crippen LogP contribution in [0.2, 0.25) is 5.02 Å². The van der Waals surface area contributed by atoms with Crippen molar-refractivity contribution < 1.29 is 8.42 Å². The molecule has 1 saturated heterocycles. The van der Waals surface area contributed by atoms with E-state index in [4.69, 9.17) is 11.6 Å². The zero-order chi connectivity index (χ0) is 21.3. The van der Waals surface area contributed by atoms with Gasteiger partial charge in [0, 0.05) is 31.7 Å². The highest BCUT2D eigenvalue weighted by Crippen LogP contribution is 2.27. The average Bonchev–Trinajstić information content (AvgIpc) is 2.74. The monoisotopic (exact) mass is 442 g/mol. The minimum absolute atomic E-state index is 0.380. The quantitative estimate of drug-likeness (QED) is 0.612. The van der Waals surface area contributed by atoms with E-state index in [1.54, 1.807) is 10.4 Å². The fourth-order valence-electron chi connectivity index (χ4n) is 3.69. The number of hydrogen-bond acceptors (Lipinski definition) is 5.